The average Bonchev–Trinajstić information content (AvgIpc) is 2.01. The molecule has 0 atom stereocenters. The second kappa shape index (κ2) is 7.64. The van der Waals surface area contributed by atoms with Crippen LogP contribution in [0.1, 0.15) is 13.3 Å². The van der Waals surface area contributed by atoms with E-state index in [-0.39, 0.29) is 11.0 Å². The standard InChI is InChI=1S/C9H11BO.2H2O/c1-2-6-11-9-5-3-4-8(10)7-9;;/h3-5,7H,2,6H2,1H3;2*1H2. The van der Waals surface area contributed by atoms with E-state index in [0.29, 0.717) is 0 Å². The first-order chi connectivity index (χ1) is 5.33. The van der Waals surface area contributed by atoms with Gasteiger partial charge in [-0.05, 0) is 18.6 Å². The predicted molar refractivity (Wildman–Crippen MR) is 54.8 cm³/mol. The highest BCUT2D eigenvalue weighted by Gasteiger charge is 1.90. The van der Waals surface area contributed by atoms with Crippen LogP contribution in [-0.4, -0.2) is 25.4 Å². The average molecular weight is 182 g/mol. The van der Waals surface area contributed by atoms with Gasteiger partial charge in [0, 0.05) is 0 Å². The van der Waals surface area contributed by atoms with E-state index in [4.69, 9.17) is 12.6 Å². The summed E-state index contributed by atoms with van der Waals surface area (Å²) in [5, 5.41) is 0. The number of ether oxygens (including phenoxy) is 1. The molecule has 0 bridgehead atoms. The van der Waals surface area contributed by atoms with Crippen molar-refractivity contribution < 1.29 is 15.7 Å². The van der Waals surface area contributed by atoms with Crippen molar-refractivity contribution in [3.05, 3.63) is 24.3 Å². The van der Waals surface area contributed by atoms with Gasteiger partial charge in [0.25, 0.3) is 0 Å². The minimum atomic E-state index is 0. The highest BCUT2D eigenvalue weighted by molar-refractivity contribution is 6.32. The third kappa shape index (κ3) is 5.28. The highest BCUT2D eigenvalue weighted by atomic mass is 16.5. The maximum atomic E-state index is 5.55. The molecule has 0 aliphatic rings. The molecule has 0 unspecified atom stereocenters. The lowest BCUT2D eigenvalue weighted by molar-refractivity contribution is 0.317. The van der Waals surface area contributed by atoms with Crippen LogP contribution >= 0.6 is 0 Å². The van der Waals surface area contributed by atoms with Crippen LogP contribution in [0.3, 0.4) is 0 Å². The lowest BCUT2D eigenvalue weighted by Gasteiger charge is -2.03. The van der Waals surface area contributed by atoms with Crippen LogP contribution in [0.15, 0.2) is 24.3 Å². The van der Waals surface area contributed by atoms with Crippen LogP contribution in [-0.2, 0) is 0 Å². The maximum absolute atomic E-state index is 5.55. The van der Waals surface area contributed by atoms with Gasteiger partial charge in [-0.1, -0.05) is 24.5 Å². The van der Waals surface area contributed by atoms with Gasteiger partial charge >= 0.3 is 0 Å². The molecule has 0 aliphatic carbocycles. The Kier molecular flexibility index (Phi) is 8.54. The molecule has 0 fully saturated rings. The first-order valence-corrected chi connectivity index (χ1v) is 3.81. The minimum absolute atomic E-state index is 0. The van der Waals surface area contributed by atoms with Gasteiger partial charge in [-0.25, -0.2) is 0 Å². The zero-order chi connectivity index (χ0) is 8.10. The van der Waals surface area contributed by atoms with Gasteiger partial charge in [0.15, 0.2) is 0 Å². The Balaban J connectivity index is 0. The van der Waals surface area contributed by atoms with Gasteiger partial charge in [0.1, 0.15) is 13.6 Å². The van der Waals surface area contributed by atoms with E-state index >= 15 is 0 Å². The normalized spacial score (nSPS) is 8.08. The summed E-state index contributed by atoms with van der Waals surface area (Å²) in [6, 6.07) is 7.47. The van der Waals surface area contributed by atoms with Gasteiger partial charge in [0.2, 0.25) is 0 Å². The van der Waals surface area contributed by atoms with Crippen molar-refractivity contribution >= 4 is 13.3 Å². The van der Waals surface area contributed by atoms with Crippen LogP contribution in [0.4, 0.5) is 0 Å². The van der Waals surface area contributed by atoms with E-state index in [1.165, 1.54) is 0 Å². The van der Waals surface area contributed by atoms with E-state index in [0.717, 1.165) is 24.2 Å². The number of benzene rings is 1. The smallest absolute Gasteiger partial charge is 0.118 e. The minimum Gasteiger partial charge on any atom is -0.494 e. The van der Waals surface area contributed by atoms with E-state index in [9.17, 15) is 0 Å². The zero-order valence-electron chi connectivity index (χ0n) is 7.71. The lowest BCUT2D eigenvalue weighted by atomic mass is 9.96. The molecule has 0 amide bonds. The Morgan fingerprint density at radius 1 is 1.31 bits per heavy atom. The van der Waals surface area contributed by atoms with Crippen molar-refractivity contribution in [2.24, 2.45) is 0 Å². The summed E-state index contributed by atoms with van der Waals surface area (Å²) in [5.41, 5.74) is 0.749. The Hall–Kier alpha value is -0.995. The summed E-state index contributed by atoms with van der Waals surface area (Å²) < 4.78 is 5.36. The molecule has 13 heavy (non-hydrogen) atoms. The highest BCUT2D eigenvalue weighted by Crippen LogP contribution is 2.06. The molecule has 1 rings (SSSR count). The fourth-order valence-corrected chi connectivity index (χ4v) is 0.824. The molecule has 1 aromatic rings. The van der Waals surface area contributed by atoms with Crippen LogP contribution in [0.5, 0.6) is 5.75 Å². The van der Waals surface area contributed by atoms with Crippen LogP contribution in [0, 0.1) is 0 Å². The fraction of sp³-hybridized carbons (Fsp3) is 0.333. The van der Waals surface area contributed by atoms with Crippen LogP contribution in [0.2, 0.25) is 0 Å². The summed E-state index contributed by atoms with van der Waals surface area (Å²) in [5.74, 6) is 0.854. The topological polar surface area (TPSA) is 72.2 Å². The summed E-state index contributed by atoms with van der Waals surface area (Å²) in [6.07, 6.45) is 1.02. The second-order valence-electron chi connectivity index (χ2n) is 2.42. The Morgan fingerprint density at radius 2 is 2.00 bits per heavy atom. The molecule has 0 aliphatic heterocycles. The monoisotopic (exact) mass is 182 g/mol. The van der Waals surface area contributed by atoms with Gasteiger partial charge in [0.05, 0.1) is 6.61 Å². The molecule has 0 heterocycles. The van der Waals surface area contributed by atoms with Crippen molar-refractivity contribution in [3.8, 4) is 5.75 Å². The summed E-state index contributed by atoms with van der Waals surface area (Å²) in [7, 11) is 5.55. The van der Waals surface area contributed by atoms with Gasteiger partial charge in [-0.2, -0.15) is 0 Å². The molecule has 72 valence electrons. The van der Waals surface area contributed by atoms with Crippen molar-refractivity contribution in [3.63, 3.8) is 0 Å². The predicted octanol–water partition coefficient (Wildman–Crippen LogP) is -0.380. The van der Waals surface area contributed by atoms with Crippen LogP contribution in [0.25, 0.3) is 0 Å². The molecule has 4 N–H and O–H groups in total. The van der Waals surface area contributed by atoms with Crippen LogP contribution < -0.4 is 10.2 Å². The molecular formula is C9H15BO3. The van der Waals surface area contributed by atoms with Crippen molar-refractivity contribution in [2.45, 2.75) is 13.3 Å². The third-order valence-electron chi connectivity index (χ3n) is 1.33. The van der Waals surface area contributed by atoms with E-state index in [2.05, 4.69) is 6.92 Å². The third-order valence-corrected chi connectivity index (χ3v) is 1.33. The first-order valence-electron chi connectivity index (χ1n) is 3.81. The molecule has 0 saturated heterocycles. The van der Waals surface area contributed by atoms with Crippen molar-refractivity contribution in [2.75, 3.05) is 6.61 Å². The number of rotatable bonds is 3. The van der Waals surface area contributed by atoms with Crippen molar-refractivity contribution in [1.29, 1.82) is 0 Å². The number of hydrogen-bond donors (Lipinski definition) is 0. The largest absolute Gasteiger partial charge is 0.494 e. The molecule has 1 aromatic carbocycles. The maximum Gasteiger partial charge on any atom is 0.118 e. The van der Waals surface area contributed by atoms with Gasteiger partial charge in [-0.15, -0.1) is 0 Å². The number of hydrogen-bond acceptors (Lipinski definition) is 1. The molecule has 4 heteroatoms. The van der Waals surface area contributed by atoms with Gasteiger partial charge < -0.3 is 15.7 Å². The fourth-order valence-electron chi connectivity index (χ4n) is 0.824. The van der Waals surface area contributed by atoms with E-state index < -0.39 is 0 Å². The summed E-state index contributed by atoms with van der Waals surface area (Å²) in [6.45, 7) is 2.83. The lowest BCUT2D eigenvalue weighted by Crippen LogP contribution is -2.03. The molecule has 0 aromatic heterocycles. The molecular weight excluding hydrogens is 167 g/mol. The van der Waals surface area contributed by atoms with E-state index in [1.807, 2.05) is 24.3 Å². The zero-order valence-corrected chi connectivity index (χ0v) is 7.71. The Labute approximate surface area is 79.8 Å². The summed E-state index contributed by atoms with van der Waals surface area (Å²) >= 11 is 0. The second-order valence-corrected chi connectivity index (χ2v) is 2.42. The SMILES string of the molecule is O.O.[B]c1cccc(OCCC)c1. The van der Waals surface area contributed by atoms with Gasteiger partial charge in [-0.3, -0.25) is 0 Å². The van der Waals surface area contributed by atoms with E-state index in [1.54, 1.807) is 0 Å². The quantitative estimate of drug-likeness (QED) is 0.587. The van der Waals surface area contributed by atoms with Crippen molar-refractivity contribution in [1.82, 2.24) is 0 Å². The molecule has 3 nitrogen and oxygen atoms in total. The summed E-state index contributed by atoms with van der Waals surface area (Å²) in [4.78, 5) is 0. The Bertz CT molecular complexity index is 228. The Morgan fingerprint density at radius 3 is 2.54 bits per heavy atom. The molecule has 0 spiro atoms. The first kappa shape index (κ1) is 14.5. The molecule has 2 radical (unpaired) electrons. The molecule has 0 saturated carbocycles.